The van der Waals surface area contributed by atoms with Crippen molar-refractivity contribution in [3.8, 4) is 0 Å². The Balaban J connectivity index is 2.19. The van der Waals surface area contributed by atoms with Gasteiger partial charge in [0.1, 0.15) is 11.4 Å². The highest BCUT2D eigenvalue weighted by Gasteiger charge is 2.15. The minimum atomic E-state index is -0.538. The van der Waals surface area contributed by atoms with Crippen LogP contribution in [0.2, 0.25) is 0 Å². The number of hydrogen-bond donors (Lipinski definition) is 2. The molecular weight excluding hydrogens is 275 g/mol. The van der Waals surface area contributed by atoms with Crippen LogP contribution >= 0.6 is 0 Å². The van der Waals surface area contributed by atoms with Gasteiger partial charge in [0.25, 0.3) is 0 Å². The van der Waals surface area contributed by atoms with Gasteiger partial charge in [-0.05, 0) is 51.5 Å². The molecule has 0 aliphatic heterocycles. The highest BCUT2D eigenvalue weighted by molar-refractivity contribution is 5.90. The fourth-order valence-corrected chi connectivity index (χ4v) is 1.51. The molecule has 0 saturated heterocycles. The Morgan fingerprint density at radius 2 is 1.81 bits per heavy atom. The number of carbonyl (C=O) groups is 2. The molecule has 2 N–H and O–H groups in total. The molecule has 0 bridgehead atoms. The third-order valence-electron chi connectivity index (χ3n) is 2.38. The Morgan fingerprint density at radius 3 is 2.38 bits per heavy atom. The molecule has 0 aromatic heterocycles. The van der Waals surface area contributed by atoms with E-state index in [1.807, 2.05) is 0 Å². The average Bonchev–Trinajstić information content (AvgIpc) is 2.35. The smallest absolute Gasteiger partial charge is 0.407 e. The maximum absolute atomic E-state index is 12.7. The van der Waals surface area contributed by atoms with Crippen LogP contribution in [0.3, 0.4) is 0 Å². The summed E-state index contributed by atoms with van der Waals surface area (Å²) in [5.41, 5.74) is 0.00540. The molecule has 0 aliphatic carbocycles. The molecule has 1 rings (SSSR count). The summed E-state index contributed by atoms with van der Waals surface area (Å²) < 4.78 is 17.8. The minimum Gasteiger partial charge on any atom is -0.444 e. The van der Waals surface area contributed by atoms with Crippen LogP contribution in [0.15, 0.2) is 24.3 Å². The predicted octanol–water partition coefficient (Wildman–Crippen LogP) is 3.07. The van der Waals surface area contributed by atoms with E-state index in [-0.39, 0.29) is 18.1 Å². The molecule has 0 spiro atoms. The molecule has 6 heteroatoms. The molecule has 116 valence electrons. The van der Waals surface area contributed by atoms with Crippen molar-refractivity contribution < 1.29 is 18.7 Å². The van der Waals surface area contributed by atoms with Gasteiger partial charge < -0.3 is 15.4 Å². The van der Waals surface area contributed by atoms with E-state index in [1.54, 1.807) is 20.8 Å². The number of anilines is 1. The Labute approximate surface area is 123 Å². The number of hydrogen-bond acceptors (Lipinski definition) is 3. The molecule has 0 heterocycles. The fraction of sp³-hybridized carbons (Fsp3) is 0.467. The van der Waals surface area contributed by atoms with Crippen LogP contribution in [0.25, 0.3) is 0 Å². The van der Waals surface area contributed by atoms with Crippen molar-refractivity contribution >= 4 is 17.7 Å². The summed E-state index contributed by atoms with van der Waals surface area (Å²) >= 11 is 0. The second-order valence-corrected chi connectivity index (χ2v) is 5.59. The van der Waals surface area contributed by atoms with Gasteiger partial charge in [-0.3, -0.25) is 4.79 Å². The number of halogens is 1. The summed E-state index contributed by atoms with van der Waals surface area (Å²) in [6.45, 7) is 5.69. The number of carbonyl (C=O) groups excluding carboxylic acids is 2. The first-order valence-corrected chi connectivity index (χ1v) is 6.78. The summed E-state index contributed by atoms with van der Waals surface area (Å²) in [5.74, 6) is -0.540. The molecule has 0 saturated carbocycles. The van der Waals surface area contributed by atoms with Gasteiger partial charge in [0.2, 0.25) is 5.91 Å². The Hall–Kier alpha value is -2.11. The van der Waals surface area contributed by atoms with E-state index in [9.17, 15) is 14.0 Å². The molecule has 0 atom stereocenters. The molecule has 1 aromatic carbocycles. The highest BCUT2D eigenvalue weighted by Crippen LogP contribution is 2.09. The van der Waals surface area contributed by atoms with E-state index in [4.69, 9.17) is 4.74 Å². The summed E-state index contributed by atoms with van der Waals surface area (Å²) in [6, 6.07) is 5.54. The Morgan fingerprint density at radius 1 is 1.19 bits per heavy atom. The largest absolute Gasteiger partial charge is 0.444 e. The van der Waals surface area contributed by atoms with E-state index in [1.165, 1.54) is 24.3 Å². The normalized spacial score (nSPS) is 10.9. The van der Waals surface area contributed by atoms with Crippen molar-refractivity contribution in [1.82, 2.24) is 5.32 Å². The van der Waals surface area contributed by atoms with E-state index in [0.717, 1.165) is 0 Å². The molecule has 0 aliphatic rings. The third-order valence-corrected chi connectivity index (χ3v) is 2.38. The topological polar surface area (TPSA) is 67.4 Å². The lowest BCUT2D eigenvalue weighted by molar-refractivity contribution is -0.116. The van der Waals surface area contributed by atoms with Gasteiger partial charge in [-0.15, -0.1) is 0 Å². The van der Waals surface area contributed by atoms with E-state index >= 15 is 0 Å². The Kier molecular flexibility index (Phi) is 6.14. The molecule has 21 heavy (non-hydrogen) atoms. The van der Waals surface area contributed by atoms with Crippen molar-refractivity contribution in [3.63, 3.8) is 0 Å². The minimum absolute atomic E-state index is 0.187. The van der Waals surface area contributed by atoms with Crippen molar-refractivity contribution in [1.29, 1.82) is 0 Å². The number of rotatable bonds is 5. The second-order valence-electron chi connectivity index (χ2n) is 5.59. The first-order chi connectivity index (χ1) is 9.76. The summed E-state index contributed by atoms with van der Waals surface area (Å²) in [5, 5.41) is 5.22. The first-order valence-electron chi connectivity index (χ1n) is 6.78. The lowest BCUT2D eigenvalue weighted by Gasteiger charge is -2.19. The van der Waals surface area contributed by atoms with Crippen molar-refractivity contribution in [2.24, 2.45) is 0 Å². The van der Waals surface area contributed by atoms with Crippen LogP contribution in [-0.4, -0.2) is 24.1 Å². The number of ether oxygens (including phenoxy) is 1. The predicted molar refractivity (Wildman–Crippen MR) is 78.5 cm³/mol. The fourth-order valence-electron chi connectivity index (χ4n) is 1.51. The van der Waals surface area contributed by atoms with Gasteiger partial charge in [0, 0.05) is 18.7 Å². The zero-order valence-electron chi connectivity index (χ0n) is 12.5. The summed E-state index contributed by atoms with van der Waals surface area (Å²) in [7, 11) is 0. The molecule has 5 nitrogen and oxygen atoms in total. The van der Waals surface area contributed by atoms with Crippen LogP contribution < -0.4 is 10.6 Å². The summed E-state index contributed by atoms with van der Waals surface area (Å²) in [4.78, 5) is 23.0. The van der Waals surface area contributed by atoms with Gasteiger partial charge >= 0.3 is 6.09 Å². The van der Waals surface area contributed by atoms with Crippen LogP contribution in [0.4, 0.5) is 14.9 Å². The van der Waals surface area contributed by atoms with Crippen LogP contribution in [0, 0.1) is 5.82 Å². The van der Waals surface area contributed by atoms with Gasteiger partial charge in [-0.1, -0.05) is 0 Å². The maximum Gasteiger partial charge on any atom is 0.407 e. The van der Waals surface area contributed by atoms with Gasteiger partial charge in [0.15, 0.2) is 0 Å². The Bertz CT molecular complexity index is 481. The van der Waals surface area contributed by atoms with Crippen LogP contribution in [0.5, 0.6) is 0 Å². The zero-order chi connectivity index (χ0) is 15.9. The van der Waals surface area contributed by atoms with Crippen LogP contribution in [-0.2, 0) is 9.53 Å². The average molecular weight is 296 g/mol. The highest BCUT2D eigenvalue weighted by atomic mass is 19.1. The molecule has 0 radical (unpaired) electrons. The quantitative estimate of drug-likeness (QED) is 0.821. The summed E-state index contributed by atoms with van der Waals surface area (Å²) in [6.07, 6.45) is 0.251. The monoisotopic (exact) mass is 296 g/mol. The first kappa shape index (κ1) is 16.9. The molecule has 0 fully saturated rings. The molecule has 1 aromatic rings. The van der Waals surface area contributed by atoms with Crippen LogP contribution in [0.1, 0.15) is 33.6 Å². The maximum atomic E-state index is 12.7. The lowest BCUT2D eigenvalue weighted by Crippen LogP contribution is -2.33. The van der Waals surface area contributed by atoms with Gasteiger partial charge in [-0.25, -0.2) is 9.18 Å². The molecular formula is C15H21FN2O3. The zero-order valence-corrected chi connectivity index (χ0v) is 12.5. The van der Waals surface area contributed by atoms with Gasteiger partial charge in [-0.2, -0.15) is 0 Å². The van der Waals surface area contributed by atoms with E-state index in [0.29, 0.717) is 18.7 Å². The third kappa shape index (κ3) is 7.91. The SMILES string of the molecule is CC(C)(C)OC(=O)NCCCC(=O)Nc1ccc(F)cc1. The van der Waals surface area contributed by atoms with E-state index in [2.05, 4.69) is 10.6 Å². The number of benzene rings is 1. The van der Waals surface area contributed by atoms with Crippen molar-refractivity contribution in [2.75, 3.05) is 11.9 Å². The van der Waals surface area contributed by atoms with Crippen molar-refractivity contribution in [2.45, 2.75) is 39.2 Å². The second kappa shape index (κ2) is 7.61. The molecule has 2 amide bonds. The molecule has 0 unspecified atom stereocenters. The number of nitrogens with one attached hydrogen (secondary N) is 2. The van der Waals surface area contributed by atoms with Crippen molar-refractivity contribution in [3.05, 3.63) is 30.1 Å². The van der Waals surface area contributed by atoms with E-state index < -0.39 is 11.7 Å². The number of amides is 2. The lowest BCUT2D eigenvalue weighted by atomic mass is 10.2. The van der Waals surface area contributed by atoms with Gasteiger partial charge in [0.05, 0.1) is 0 Å². The number of alkyl carbamates (subject to hydrolysis) is 1. The standard InChI is InChI=1S/C15H21FN2O3/c1-15(2,3)21-14(20)17-10-4-5-13(19)18-12-8-6-11(16)7-9-12/h6-9H,4-5,10H2,1-3H3,(H,17,20)(H,18,19).